The molecule has 1 aliphatic heterocycles. The number of benzene rings is 2. The largest absolute Gasteiger partial charge is 0.496 e. The molecule has 1 saturated heterocycles. The predicted octanol–water partition coefficient (Wildman–Crippen LogP) is 2.86. The van der Waals surface area contributed by atoms with E-state index in [1.54, 1.807) is 0 Å². The quantitative estimate of drug-likeness (QED) is 0.185. The molecule has 0 unspecified atom stereocenters. The Kier molecular flexibility index (Phi) is 9.85. The topological polar surface area (TPSA) is 164 Å². The third-order valence-electron chi connectivity index (χ3n) is 7.09. The highest BCUT2D eigenvalue weighted by atomic mass is 16.6. The molecule has 5 atom stereocenters. The van der Waals surface area contributed by atoms with Crippen molar-refractivity contribution in [3.63, 3.8) is 0 Å². The maximum Gasteiger partial charge on any atom is 0.303 e. The molecule has 0 aliphatic carbocycles. The van der Waals surface area contributed by atoms with Gasteiger partial charge in [-0.05, 0) is 6.07 Å². The Morgan fingerprint density at radius 2 is 1.32 bits per heavy atom. The number of esters is 3. The van der Waals surface area contributed by atoms with Gasteiger partial charge in [0, 0.05) is 40.0 Å². The lowest BCUT2D eigenvalue weighted by Gasteiger charge is -2.45. The van der Waals surface area contributed by atoms with Crippen molar-refractivity contribution in [3.05, 3.63) is 34.0 Å². The first-order chi connectivity index (χ1) is 21.0. The second-order valence-corrected chi connectivity index (χ2v) is 9.78. The molecule has 0 saturated carbocycles. The highest BCUT2D eigenvalue weighted by Crippen LogP contribution is 2.47. The van der Waals surface area contributed by atoms with Gasteiger partial charge in [-0.1, -0.05) is 0 Å². The van der Waals surface area contributed by atoms with E-state index in [2.05, 4.69) is 0 Å². The van der Waals surface area contributed by atoms with E-state index in [9.17, 15) is 19.2 Å². The third kappa shape index (κ3) is 6.08. The van der Waals surface area contributed by atoms with Crippen molar-refractivity contribution < 1.29 is 61.4 Å². The molecule has 0 bridgehead atoms. The molecule has 44 heavy (non-hydrogen) atoms. The van der Waals surface area contributed by atoms with Gasteiger partial charge in [0.1, 0.15) is 53.0 Å². The number of rotatable bonds is 10. The lowest BCUT2D eigenvalue weighted by Crippen LogP contribution is -2.59. The van der Waals surface area contributed by atoms with E-state index in [1.807, 2.05) is 0 Å². The molecule has 1 aliphatic rings. The molecule has 0 amide bonds. The summed E-state index contributed by atoms with van der Waals surface area (Å²) < 4.78 is 56.8. The number of ether oxygens (including phenoxy) is 9. The first-order valence-electron chi connectivity index (χ1n) is 13.4. The summed E-state index contributed by atoms with van der Waals surface area (Å²) in [5.41, 5.74) is 0.0239. The van der Waals surface area contributed by atoms with E-state index in [4.69, 9.17) is 47.0 Å². The van der Waals surface area contributed by atoms with Crippen LogP contribution in [0.3, 0.4) is 0 Å². The smallest absolute Gasteiger partial charge is 0.303 e. The average molecular weight is 619 g/mol. The Morgan fingerprint density at radius 3 is 1.86 bits per heavy atom. The lowest BCUT2D eigenvalue weighted by molar-refractivity contribution is -0.253. The summed E-state index contributed by atoms with van der Waals surface area (Å²) in [7, 11) is 6.95. The van der Waals surface area contributed by atoms with E-state index in [0.717, 1.165) is 0 Å². The highest BCUT2D eigenvalue weighted by Gasteiger charge is 2.52. The van der Waals surface area contributed by atoms with Crippen LogP contribution in [0.4, 0.5) is 0 Å². The van der Waals surface area contributed by atoms with Crippen molar-refractivity contribution in [2.45, 2.75) is 51.3 Å². The molecule has 0 N–H and O–H groups in total. The summed E-state index contributed by atoms with van der Waals surface area (Å²) in [5, 5.41) is 0.198. The molecule has 2 heterocycles. The van der Waals surface area contributed by atoms with Gasteiger partial charge in [0.25, 0.3) is 0 Å². The fraction of sp³-hybridized carbons (Fsp3) is 0.467. The van der Waals surface area contributed by atoms with Crippen LogP contribution in [0.25, 0.3) is 21.9 Å². The molecule has 2 aromatic carbocycles. The number of carbonyl (C=O) groups excluding carboxylic acids is 3. The molecule has 14 nitrogen and oxygen atoms in total. The predicted molar refractivity (Wildman–Crippen MR) is 152 cm³/mol. The van der Waals surface area contributed by atoms with Crippen LogP contribution in [0, 0.1) is 0 Å². The zero-order chi connectivity index (χ0) is 32.3. The Morgan fingerprint density at radius 1 is 0.727 bits per heavy atom. The van der Waals surface area contributed by atoms with Gasteiger partial charge < -0.3 is 47.0 Å². The maximum atomic E-state index is 14.0. The molecule has 0 radical (unpaired) electrons. The molecule has 1 fully saturated rings. The number of carbonyl (C=O) groups is 3. The van der Waals surface area contributed by atoms with Crippen molar-refractivity contribution >= 4 is 39.8 Å². The summed E-state index contributed by atoms with van der Waals surface area (Å²) >= 11 is 0. The first kappa shape index (κ1) is 32.4. The number of hydrogen-bond acceptors (Lipinski definition) is 14. The minimum Gasteiger partial charge on any atom is -0.496 e. The van der Waals surface area contributed by atoms with Crippen LogP contribution in [0.2, 0.25) is 0 Å². The Hall–Kier alpha value is -4.56. The van der Waals surface area contributed by atoms with Gasteiger partial charge >= 0.3 is 17.9 Å². The zero-order valence-corrected chi connectivity index (χ0v) is 25.5. The number of fused-ring (bicyclic) bond motifs is 2. The van der Waals surface area contributed by atoms with E-state index in [1.165, 1.54) is 74.5 Å². The van der Waals surface area contributed by atoms with Gasteiger partial charge in [0.2, 0.25) is 5.43 Å². The number of methoxy groups -OCH3 is 5. The van der Waals surface area contributed by atoms with Crippen LogP contribution in [-0.4, -0.2) is 84.5 Å². The fourth-order valence-electron chi connectivity index (χ4n) is 5.35. The minimum absolute atomic E-state index is 0.000961. The average Bonchev–Trinajstić information content (AvgIpc) is 2.98. The molecule has 238 valence electrons. The molecule has 4 rings (SSSR count). The standard InChI is InChI=1S/C30H34O14/c1-13(31)40-12-22-26(41-14(2)32)29(39-8)30(42-15(3)33)28(44-22)24-20(37-6)11-21-23(27(24)38-7)25(34)16-9-18(35-4)19(36-5)10-17(16)43-21/h9-11,22,26,28-30H,12H2,1-8H3/t22-,26-,28+,29+,30+/m1/s1. The van der Waals surface area contributed by atoms with E-state index in [-0.39, 0.29) is 45.6 Å². The van der Waals surface area contributed by atoms with Gasteiger partial charge in [0.15, 0.2) is 23.7 Å². The van der Waals surface area contributed by atoms with Crippen molar-refractivity contribution in [1.29, 1.82) is 0 Å². The van der Waals surface area contributed by atoms with E-state index < -0.39 is 53.9 Å². The summed E-state index contributed by atoms with van der Waals surface area (Å²) in [6.45, 7) is 3.24. The normalized spacial score (nSPS) is 21.4. The molecule has 0 spiro atoms. The Labute approximate surface area is 251 Å². The van der Waals surface area contributed by atoms with E-state index in [0.29, 0.717) is 11.5 Å². The summed E-state index contributed by atoms with van der Waals surface area (Å²) in [6.07, 6.45) is -5.87. The van der Waals surface area contributed by atoms with Crippen molar-refractivity contribution in [3.8, 4) is 23.0 Å². The van der Waals surface area contributed by atoms with Gasteiger partial charge in [-0.15, -0.1) is 0 Å². The van der Waals surface area contributed by atoms with Crippen LogP contribution in [0.5, 0.6) is 23.0 Å². The second kappa shape index (κ2) is 13.4. The molecule has 1 aromatic heterocycles. The third-order valence-corrected chi connectivity index (χ3v) is 7.09. The minimum atomic E-state index is -1.26. The molecule has 14 heteroatoms. The SMILES string of the molecule is COc1cc2oc3cc(OC)c([C@@H]4O[C@H](COC(C)=O)[C@@H](OC(C)=O)[C@H](OC)[C@H]4OC(C)=O)c(OC)c3c(=O)c2cc1OC. The van der Waals surface area contributed by atoms with Crippen LogP contribution >= 0.6 is 0 Å². The second-order valence-electron chi connectivity index (χ2n) is 9.78. The lowest BCUT2D eigenvalue weighted by atomic mass is 9.88. The molecular formula is C30H34O14. The Balaban J connectivity index is 2.03. The van der Waals surface area contributed by atoms with Crippen LogP contribution in [0.1, 0.15) is 32.4 Å². The fourth-order valence-corrected chi connectivity index (χ4v) is 5.35. The van der Waals surface area contributed by atoms with Gasteiger partial charge in [-0.25, -0.2) is 0 Å². The maximum absolute atomic E-state index is 14.0. The summed E-state index contributed by atoms with van der Waals surface area (Å²) in [4.78, 5) is 50.2. The van der Waals surface area contributed by atoms with E-state index >= 15 is 0 Å². The number of hydrogen-bond donors (Lipinski definition) is 0. The molecule has 3 aromatic rings. The summed E-state index contributed by atoms with van der Waals surface area (Å²) in [6, 6.07) is 4.49. The van der Waals surface area contributed by atoms with Crippen molar-refractivity contribution in [1.82, 2.24) is 0 Å². The summed E-state index contributed by atoms with van der Waals surface area (Å²) in [5.74, 6) is -1.19. The van der Waals surface area contributed by atoms with Gasteiger partial charge in [-0.2, -0.15) is 0 Å². The van der Waals surface area contributed by atoms with Crippen molar-refractivity contribution in [2.75, 3.05) is 42.2 Å². The van der Waals surface area contributed by atoms with Crippen LogP contribution in [-0.2, 0) is 38.1 Å². The van der Waals surface area contributed by atoms with Crippen LogP contribution < -0.4 is 24.4 Å². The zero-order valence-electron chi connectivity index (χ0n) is 25.5. The van der Waals surface area contributed by atoms with Gasteiger partial charge in [-0.3, -0.25) is 19.2 Å². The monoisotopic (exact) mass is 618 g/mol. The first-order valence-corrected chi connectivity index (χ1v) is 13.4. The molecular weight excluding hydrogens is 584 g/mol. The Bertz CT molecular complexity index is 1630. The van der Waals surface area contributed by atoms with Crippen molar-refractivity contribution in [2.24, 2.45) is 0 Å². The van der Waals surface area contributed by atoms with Gasteiger partial charge in [0.05, 0.1) is 39.4 Å². The highest BCUT2D eigenvalue weighted by molar-refractivity contribution is 5.96. The van der Waals surface area contributed by atoms with Crippen LogP contribution in [0.15, 0.2) is 27.4 Å².